The summed E-state index contributed by atoms with van der Waals surface area (Å²) < 4.78 is 5.07. The second-order valence-corrected chi connectivity index (χ2v) is 3.51. The Kier molecular flexibility index (Phi) is 3.46. The van der Waals surface area contributed by atoms with Crippen molar-refractivity contribution in [1.29, 1.82) is 0 Å². The highest BCUT2D eigenvalue weighted by Crippen LogP contribution is 2.16. The predicted molar refractivity (Wildman–Crippen MR) is 44.9 cm³/mol. The summed E-state index contributed by atoms with van der Waals surface area (Å²) in [4.78, 5) is 0. The summed E-state index contributed by atoms with van der Waals surface area (Å²) in [5.41, 5.74) is -0.713. The molecule has 1 aliphatic rings. The second-order valence-electron chi connectivity index (χ2n) is 3.51. The summed E-state index contributed by atoms with van der Waals surface area (Å²) >= 11 is 0. The zero-order valence-corrected chi connectivity index (χ0v) is 7.42. The minimum absolute atomic E-state index is 0.365. The van der Waals surface area contributed by atoms with Gasteiger partial charge in [-0.05, 0) is 6.92 Å². The van der Waals surface area contributed by atoms with Crippen molar-refractivity contribution in [3.05, 3.63) is 0 Å². The van der Waals surface area contributed by atoms with Crippen LogP contribution in [0, 0.1) is 0 Å². The molecule has 1 saturated heterocycles. The highest BCUT2D eigenvalue weighted by Gasteiger charge is 2.31. The van der Waals surface area contributed by atoms with Crippen LogP contribution in [0.1, 0.15) is 13.3 Å². The molecule has 0 saturated carbocycles. The Bertz CT molecular complexity index is 132. The van der Waals surface area contributed by atoms with E-state index < -0.39 is 5.60 Å². The lowest BCUT2D eigenvalue weighted by Crippen LogP contribution is -2.42. The first-order chi connectivity index (χ1) is 5.62. The van der Waals surface area contributed by atoms with Gasteiger partial charge in [0.2, 0.25) is 0 Å². The molecule has 1 rings (SSSR count). The van der Waals surface area contributed by atoms with Crippen molar-refractivity contribution in [2.45, 2.75) is 25.0 Å². The summed E-state index contributed by atoms with van der Waals surface area (Å²) in [5.74, 6) is 0. The van der Waals surface area contributed by atoms with Crippen molar-refractivity contribution < 1.29 is 14.9 Å². The largest absolute Gasteiger partial charge is 0.392 e. The molecular formula is C8H17NO3. The average molecular weight is 175 g/mol. The third-order valence-corrected chi connectivity index (χ3v) is 1.98. The molecule has 0 aromatic rings. The first kappa shape index (κ1) is 9.92. The molecule has 4 nitrogen and oxygen atoms in total. The summed E-state index contributed by atoms with van der Waals surface area (Å²) in [7, 11) is 0. The van der Waals surface area contributed by atoms with Crippen molar-refractivity contribution in [3.63, 3.8) is 0 Å². The summed E-state index contributed by atoms with van der Waals surface area (Å²) in [6, 6.07) is 0. The molecule has 0 bridgehead atoms. The van der Waals surface area contributed by atoms with Gasteiger partial charge in [-0.1, -0.05) is 0 Å². The zero-order chi connectivity index (χ0) is 9.03. The third kappa shape index (κ3) is 3.06. The molecule has 12 heavy (non-hydrogen) atoms. The number of aliphatic hydroxyl groups excluding tert-OH is 1. The van der Waals surface area contributed by atoms with E-state index in [0.717, 1.165) is 0 Å². The van der Waals surface area contributed by atoms with E-state index in [9.17, 15) is 5.11 Å². The number of nitrogens with one attached hydrogen (secondary N) is 1. The summed E-state index contributed by atoms with van der Waals surface area (Å²) in [5, 5.41) is 21.7. The quantitative estimate of drug-likeness (QED) is 0.518. The van der Waals surface area contributed by atoms with Crippen LogP contribution in [0.25, 0.3) is 0 Å². The van der Waals surface area contributed by atoms with E-state index >= 15 is 0 Å². The van der Waals surface area contributed by atoms with E-state index in [-0.39, 0.29) is 6.10 Å². The van der Waals surface area contributed by atoms with Gasteiger partial charge in [-0.15, -0.1) is 0 Å². The predicted octanol–water partition coefficient (Wildman–Crippen LogP) is -0.892. The Morgan fingerprint density at radius 1 is 1.67 bits per heavy atom. The molecule has 1 aliphatic heterocycles. The van der Waals surface area contributed by atoms with Crippen LogP contribution in [0.2, 0.25) is 0 Å². The molecule has 0 aromatic heterocycles. The van der Waals surface area contributed by atoms with E-state index in [4.69, 9.17) is 9.84 Å². The van der Waals surface area contributed by atoms with Gasteiger partial charge in [0.25, 0.3) is 0 Å². The lowest BCUT2D eigenvalue weighted by atomic mass is 10.0. The Morgan fingerprint density at radius 3 is 2.92 bits per heavy atom. The van der Waals surface area contributed by atoms with Gasteiger partial charge in [0.15, 0.2) is 0 Å². The summed E-state index contributed by atoms with van der Waals surface area (Å²) in [6.45, 7) is 3.76. The fourth-order valence-electron chi connectivity index (χ4n) is 1.25. The smallest absolute Gasteiger partial charge is 0.102 e. The zero-order valence-electron chi connectivity index (χ0n) is 7.42. The van der Waals surface area contributed by atoms with Gasteiger partial charge in [0, 0.05) is 26.1 Å². The Hall–Kier alpha value is -0.160. The highest BCUT2D eigenvalue weighted by atomic mass is 16.5. The molecule has 0 spiro atoms. The first-order valence-electron chi connectivity index (χ1n) is 4.31. The van der Waals surface area contributed by atoms with Crippen LogP contribution >= 0.6 is 0 Å². The minimum atomic E-state index is -0.713. The van der Waals surface area contributed by atoms with Crippen molar-refractivity contribution >= 4 is 0 Å². The lowest BCUT2D eigenvalue weighted by molar-refractivity contribution is 0.0249. The maximum absolute atomic E-state index is 9.74. The van der Waals surface area contributed by atoms with Gasteiger partial charge in [-0.3, -0.25) is 0 Å². The van der Waals surface area contributed by atoms with Gasteiger partial charge in [0.05, 0.1) is 12.7 Å². The van der Waals surface area contributed by atoms with Gasteiger partial charge in [0.1, 0.15) is 5.60 Å². The molecule has 4 heteroatoms. The molecule has 2 atom stereocenters. The SMILES string of the molecule is C[C@H](O)CNCC1(O)CCOC1. The molecule has 0 amide bonds. The van der Waals surface area contributed by atoms with Crippen molar-refractivity contribution in [3.8, 4) is 0 Å². The molecule has 72 valence electrons. The van der Waals surface area contributed by atoms with Gasteiger partial charge in [-0.2, -0.15) is 0 Å². The maximum Gasteiger partial charge on any atom is 0.102 e. The van der Waals surface area contributed by atoms with Crippen molar-refractivity contribution in [2.75, 3.05) is 26.3 Å². The van der Waals surface area contributed by atoms with E-state index in [1.54, 1.807) is 6.92 Å². The van der Waals surface area contributed by atoms with Crippen molar-refractivity contribution in [1.82, 2.24) is 5.32 Å². The number of rotatable bonds is 4. The Labute approximate surface area is 72.5 Å². The lowest BCUT2D eigenvalue weighted by Gasteiger charge is -2.21. The van der Waals surface area contributed by atoms with Crippen LogP contribution in [0.3, 0.4) is 0 Å². The van der Waals surface area contributed by atoms with Crippen LogP contribution < -0.4 is 5.32 Å². The normalized spacial score (nSPS) is 32.2. The van der Waals surface area contributed by atoms with Crippen molar-refractivity contribution in [2.24, 2.45) is 0 Å². The monoisotopic (exact) mass is 175 g/mol. The Morgan fingerprint density at radius 2 is 2.42 bits per heavy atom. The minimum Gasteiger partial charge on any atom is -0.392 e. The first-order valence-corrected chi connectivity index (χ1v) is 4.31. The Balaban J connectivity index is 2.13. The van der Waals surface area contributed by atoms with Crippen LogP contribution in [0.5, 0.6) is 0 Å². The number of ether oxygens (including phenoxy) is 1. The molecule has 3 N–H and O–H groups in total. The molecule has 1 fully saturated rings. The van der Waals surface area contributed by atoms with Crippen LogP contribution in [-0.2, 0) is 4.74 Å². The van der Waals surface area contributed by atoms with E-state index in [0.29, 0.717) is 32.7 Å². The molecule has 1 heterocycles. The molecule has 0 aromatic carbocycles. The van der Waals surface area contributed by atoms with E-state index in [1.807, 2.05) is 0 Å². The fourth-order valence-corrected chi connectivity index (χ4v) is 1.25. The van der Waals surface area contributed by atoms with Gasteiger partial charge >= 0.3 is 0 Å². The van der Waals surface area contributed by atoms with Gasteiger partial charge < -0.3 is 20.3 Å². The maximum atomic E-state index is 9.74. The van der Waals surface area contributed by atoms with Crippen LogP contribution in [0.4, 0.5) is 0 Å². The standard InChI is InChI=1S/C8H17NO3/c1-7(10)4-9-5-8(11)2-3-12-6-8/h7,9-11H,2-6H2,1H3/t7-,8?/m0/s1. The van der Waals surface area contributed by atoms with Crippen LogP contribution in [-0.4, -0.2) is 48.2 Å². The topological polar surface area (TPSA) is 61.7 Å². The second kappa shape index (κ2) is 4.18. The van der Waals surface area contributed by atoms with Gasteiger partial charge in [-0.25, -0.2) is 0 Å². The number of aliphatic hydroxyl groups is 2. The highest BCUT2D eigenvalue weighted by molar-refractivity contribution is 4.84. The molecule has 1 unspecified atom stereocenters. The van der Waals surface area contributed by atoms with Crippen LogP contribution in [0.15, 0.2) is 0 Å². The molecule has 0 radical (unpaired) electrons. The summed E-state index contributed by atoms with van der Waals surface area (Å²) in [6.07, 6.45) is 0.315. The fraction of sp³-hybridized carbons (Fsp3) is 1.00. The molecule has 0 aliphatic carbocycles. The third-order valence-electron chi connectivity index (χ3n) is 1.98. The molecular weight excluding hydrogens is 158 g/mol. The number of hydrogen-bond acceptors (Lipinski definition) is 4. The van der Waals surface area contributed by atoms with E-state index in [1.165, 1.54) is 0 Å². The average Bonchev–Trinajstić information content (AvgIpc) is 2.35. The number of hydrogen-bond donors (Lipinski definition) is 3. The van der Waals surface area contributed by atoms with E-state index in [2.05, 4.69) is 5.32 Å².